The van der Waals surface area contributed by atoms with E-state index in [1.807, 2.05) is 24.3 Å². The normalized spacial score (nSPS) is 22.4. The van der Waals surface area contributed by atoms with Crippen LogP contribution in [0.5, 0.6) is 0 Å². The molecule has 172 valence electrons. The number of carbonyl (C=O) groups excluding carboxylic acids is 3. The summed E-state index contributed by atoms with van der Waals surface area (Å²) in [4.78, 5) is 42.7. The van der Waals surface area contributed by atoms with Gasteiger partial charge in [-0.2, -0.15) is 0 Å². The second kappa shape index (κ2) is 8.51. The van der Waals surface area contributed by atoms with Gasteiger partial charge in [-0.05, 0) is 54.7 Å². The molecule has 2 aromatic rings. The summed E-state index contributed by atoms with van der Waals surface area (Å²) < 4.78 is 5.31. The minimum atomic E-state index is -0.737. The number of ether oxygens (including phenoxy) is 1. The molecule has 0 spiro atoms. The molecule has 2 atom stereocenters. The van der Waals surface area contributed by atoms with Gasteiger partial charge >= 0.3 is 6.03 Å². The van der Waals surface area contributed by atoms with Gasteiger partial charge < -0.3 is 25.2 Å². The van der Waals surface area contributed by atoms with Gasteiger partial charge in [-0.15, -0.1) is 0 Å². The fourth-order valence-corrected chi connectivity index (χ4v) is 4.93. The van der Waals surface area contributed by atoms with Crippen LogP contribution in [-0.2, 0) is 9.53 Å². The van der Waals surface area contributed by atoms with E-state index < -0.39 is 12.1 Å². The van der Waals surface area contributed by atoms with Crippen molar-refractivity contribution < 1.29 is 19.1 Å². The Kier molecular flexibility index (Phi) is 5.54. The van der Waals surface area contributed by atoms with Gasteiger partial charge in [0.15, 0.2) is 0 Å². The monoisotopic (exact) mass is 448 g/mol. The zero-order chi connectivity index (χ0) is 23.1. The first-order chi connectivity index (χ1) is 15.9. The zero-order valence-corrected chi connectivity index (χ0v) is 18.9. The third-order valence-corrected chi connectivity index (χ3v) is 6.96. The molecule has 0 saturated carbocycles. The number of carbonyl (C=O) groups is 3. The highest BCUT2D eigenvalue weighted by Crippen LogP contribution is 2.33. The van der Waals surface area contributed by atoms with Crippen LogP contribution >= 0.6 is 0 Å². The molecule has 2 saturated heterocycles. The third-order valence-electron chi connectivity index (χ3n) is 6.96. The SMILES string of the molecule is Cc1cccc(-c2ccc3c(c2)C(=O)N2CCC(NC(=O)N4CCOCC4)C2C(=O)N3)c1C. The van der Waals surface area contributed by atoms with Crippen molar-refractivity contribution in [1.82, 2.24) is 15.1 Å². The molecule has 0 radical (unpaired) electrons. The van der Waals surface area contributed by atoms with Crippen LogP contribution in [0.15, 0.2) is 36.4 Å². The zero-order valence-electron chi connectivity index (χ0n) is 18.9. The first-order valence-corrected chi connectivity index (χ1v) is 11.4. The molecule has 8 nitrogen and oxygen atoms in total. The Morgan fingerprint density at radius 1 is 1.06 bits per heavy atom. The number of hydrogen-bond acceptors (Lipinski definition) is 4. The number of urea groups is 1. The van der Waals surface area contributed by atoms with Crippen LogP contribution in [0.2, 0.25) is 0 Å². The van der Waals surface area contributed by atoms with E-state index in [2.05, 4.69) is 30.5 Å². The predicted molar refractivity (Wildman–Crippen MR) is 124 cm³/mol. The second-order valence-electron chi connectivity index (χ2n) is 8.88. The van der Waals surface area contributed by atoms with E-state index in [4.69, 9.17) is 4.74 Å². The summed E-state index contributed by atoms with van der Waals surface area (Å²) in [6.07, 6.45) is 0.534. The number of nitrogens with zero attached hydrogens (tertiary/aromatic N) is 2. The van der Waals surface area contributed by atoms with E-state index in [1.54, 1.807) is 15.9 Å². The van der Waals surface area contributed by atoms with Crippen molar-refractivity contribution in [2.24, 2.45) is 0 Å². The van der Waals surface area contributed by atoms with Gasteiger partial charge in [0.1, 0.15) is 6.04 Å². The number of rotatable bonds is 2. The molecule has 0 bridgehead atoms. The minimum Gasteiger partial charge on any atom is -0.378 e. The first kappa shape index (κ1) is 21.5. The van der Waals surface area contributed by atoms with Gasteiger partial charge in [-0.3, -0.25) is 9.59 Å². The van der Waals surface area contributed by atoms with E-state index in [-0.39, 0.29) is 17.8 Å². The van der Waals surface area contributed by atoms with Crippen LogP contribution in [0.4, 0.5) is 10.5 Å². The molecule has 4 amide bonds. The first-order valence-electron chi connectivity index (χ1n) is 11.4. The summed E-state index contributed by atoms with van der Waals surface area (Å²) in [7, 11) is 0. The lowest BCUT2D eigenvalue weighted by atomic mass is 9.95. The van der Waals surface area contributed by atoms with Crippen molar-refractivity contribution in [1.29, 1.82) is 0 Å². The van der Waals surface area contributed by atoms with Crippen molar-refractivity contribution in [2.75, 3.05) is 38.2 Å². The summed E-state index contributed by atoms with van der Waals surface area (Å²) in [5, 5.41) is 5.91. The Bertz CT molecular complexity index is 1130. The van der Waals surface area contributed by atoms with Crippen LogP contribution < -0.4 is 10.6 Å². The molecule has 5 rings (SSSR count). The summed E-state index contributed by atoms with van der Waals surface area (Å²) in [5.74, 6) is -0.463. The van der Waals surface area contributed by atoms with Gasteiger partial charge in [0.05, 0.1) is 30.5 Å². The molecule has 3 aliphatic rings. The largest absolute Gasteiger partial charge is 0.378 e. The molecule has 2 N–H and O–H groups in total. The minimum absolute atomic E-state index is 0.191. The maximum Gasteiger partial charge on any atom is 0.317 e. The molecule has 0 aliphatic carbocycles. The van der Waals surface area contributed by atoms with Crippen LogP contribution in [0.25, 0.3) is 11.1 Å². The maximum atomic E-state index is 13.5. The Morgan fingerprint density at radius 3 is 2.64 bits per heavy atom. The number of nitrogens with one attached hydrogen (secondary N) is 2. The predicted octanol–water partition coefficient (Wildman–Crippen LogP) is 2.55. The maximum absolute atomic E-state index is 13.5. The lowest BCUT2D eigenvalue weighted by Crippen LogP contribution is -2.55. The number of amides is 4. The van der Waals surface area contributed by atoms with E-state index in [1.165, 1.54) is 5.56 Å². The van der Waals surface area contributed by atoms with E-state index in [9.17, 15) is 14.4 Å². The Hall–Kier alpha value is -3.39. The fraction of sp³-hybridized carbons (Fsp3) is 0.400. The highest BCUT2D eigenvalue weighted by molar-refractivity contribution is 6.11. The van der Waals surface area contributed by atoms with E-state index >= 15 is 0 Å². The molecule has 3 heterocycles. The Morgan fingerprint density at radius 2 is 1.85 bits per heavy atom. The lowest BCUT2D eigenvalue weighted by molar-refractivity contribution is -0.120. The number of hydrogen-bond donors (Lipinski definition) is 2. The van der Waals surface area contributed by atoms with Crippen molar-refractivity contribution in [3.05, 3.63) is 53.1 Å². The number of benzene rings is 2. The van der Waals surface area contributed by atoms with Crippen LogP contribution in [0.3, 0.4) is 0 Å². The van der Waals surface area contributed by atoms with Crippen molar-refractivity contribution in [2.45, 2.75) is 32.4 Å². The number of fused-ring (bicyclic) bond motifs is 2. The molecule has 3 aliphatic heterocycles. The van der Waals surface area contributed by atoms with Gasteiger partial charge in [0, 0.05) is 19.6 Å². The number of anilines is 1. The summed E-state index contributed by atoms with van der Waals surface area (Å²) >= 11 is 0. The van der Waals surface area contributed by atoms with Crippen molar-refractivity contribution in [3.8, 4) is 11.1 Å². The molecular formula is C25H28N4O4. The molecule has 2 unspecified atom stereocenters. The molecule has 2 aromatic carbocycles. The standard InChI is InChI=1S/C25H28N4O4/c1-15-4-3-5-18(16(15)2)17-6-7-20-19(14-17)24(31)29-9-8-21(22(29)23(30)26-20)27-25(32)28-10-12-33-13-11-28/h3-7,14,21-22H,8-13H2,1-2H3,(H,26,30)(H,27,32). The molecule has 0 aromatic heterocycles. The highest BCUT2D eigenvalue weighted by atomic mass is 16.5. The second-order valence-corrected chi connectivity index (χ2v) is 8.88. The molecular weight excluding hydrogens is 420 g/mol. The van der Waals surface area contributed by atoms with Crippen molar-refractivity contribution in [3.63, 3.8) is 0 Å². The summed E-state index contributed by atoms with van der Waals surface area (Å²) in [6, 6.07) is 10.3. The van der Waals surface area contributed by atoms with Crippen LogP contribution in [-0.4, -0.2) is 72.6 Å². The van der Waals surface area contributed by atoms with Gasteiger partial charge in [0.2, 0.25) is 5.91 Å². The average Bonchev–Trinajstić information content (AvgIpc) is 3.20. The van der Waals surface area contributed by atoms with Gasteiger partial charge in [-0.1, -0.05) is 24.3 Å². The van der Waals surface area contributed by atoms with Gasteiger partial charge in [-0.25, -0.2) is 4.79 Å². The Balaban J connectivity index is 1.41. The Labute approximate surface area is 192 Å². The third kappa shape index (κ3) is 3.84. The summed E-state index contributed by atoms with van der Waals surface area (Å²) in [5.41, 5.74) is 5.33. The summed E-state index contributed by atoms with van der Waals surface area (Å²) in [6.45, 7) is 6.59. The lowest BCUT2D eigenvalue weighted by Gasteiger charge is -2.30. The number of aryl methyl sites for hydroxylation is 1. The number of morpholine rings is 1. The van der Waals surface area contributed by atoms with E-state index in [0.717, 1.165) is 16.7 Å². The highest BCUT2D eigenvalue weighted by Gasteiger charge is 2.45. The van der Waals surface area contributed by atoms with E-state index in [0.29, 0.717) is 50.5 Å². The topological polar surface area (TPSA) is 91.0 Å². The average molecular weight is 449 g/mol. The van der Waals surface area contributed by atoms with Gasteiger partial charge in [0.25, 0.3) is 5.91 Å². The fourth-order valence-electron chi connectivity index (χ4n) is 4.93. The van der Waals surface area contributed by atoms with Crippen LogP contribution in [0, 0.1) is 13.8 Å². The van der Waals surface area contributed by atoms with Crippen molar-refractivity contribution >= 4 is 23.5 Å². The molecule has 8 heteroatoms. The quantitative estimate of drug-likeness (QED) is 0.739. The molecule has 2 fully saturated rings. The van der Waals surface area contributed by atoms with Crippen LogP contribution in [0.1, 0.15) is 27.9 Å². The smallest absolute Gasteiger partial charge is 0.317 e. The molecule has 33 heavy (non-hydrogen) atoms.